The van der Waals surface area contributed by atoms with Gasteiger partial charge in [0.25, 0.3) is 0 Å². The van der Waals surface area contributed by atoms with Crippen molar-refractivity contribution in [1.82, 2.24) is 0 Å². The first-order chi connectivity index (χ1) is 9.65. The normalized spacial score (nSPS) is 12.2. The monoisotopic (exact) mass is 296 g/mol. The molecule has 2 aromatic rings. The molecule has 1 heterocycles. The van der Waals surface area contributed by atoms with Crippen molar-refractivity contribution in [1.29, 1.82) is 0 Å². The van der Waals surface area contributed by atoms with Gasteiger partial charge in [-0.3, -0.25) is 0 Å². The molecule has 4 nitrogen and oxygen atoms in total. The van der Waals surface area contributed by atoms with Gasteiger partial charge < -0.3 is 18.6 Å². The number of benzene rings is 1. The Balaban J connectivity index is 2.37. The lowest BCUT2D eigenvalue weighted by Crippen LogP contribution is -2.16. The van der Waals surface area contributed by atoms with Gasteiger partial charge in [-0.1, -0.05) is 11.6 Å². The lowest BCUT2D eigenvalue weighted by atomic mass is 10.1. The van der Waals surface area contributed by atoms with Gasteiger partial charge in [-0.2, -0.15) is 0 Å². The van der Waals surface area contributed by atoms with Crippen molar-refractivity contribution in [2.75, 3.05) is 13.7 Å². The van der Waals surface area contributed by atoms with Crippen LogP contribution in [0, 0.1) is 0 Å². The van der Waals surface area contributed by atoms with E-state index >= 15 is 0 Å². The van der Waals surface area contributed by atoms with E-state index in [-0.39, 0.29) is 0 Å². The zero-order valence-electron chi connectivity index (χ0n) is 11.7. The zero-order valence-corrected chi connectivity index (χ0v) is 12.4. The predicted molar refractivity (Wildman–Crippen MR) is 77.4 cm³/mol. The minimum absolute atomic E-state index is 0.394. The molecular weight excluding hydrogens is 280 g/mol. The molecule has 0 aliphatic rings. The third-order valence-electron chi connectivity index (χ3n) is 2.73. The summed E-state index contributed by atoms with van der Waals surface area (Å²) >= 11 is 6.25. The maximum absolute atomic E-state index is 6.25. The average Bonchev–Trinajstić information content (AvgIpc) is 2.95. The number of ether oxygens (including phenoxy) is 3. The molecule has 0 fully saturated rings. The molecule has 1 aromatic heterocycles. The van der Waals surface area contributed by atoms with E-state index < -0.39 is 6.29 Å². The van der Waals surface area contributed by atoms with Gasteiger partial charge in [0.1, 0.15) is 22.3 Å². The summed E-state index contributed by atoms with van der Waals surface area (Å²) in [5.74, 6) is 1.74. The van der Waals surface area contributed by atoms with Crippen LogP contribution in [0.1, 0.15) is 13.8 Å². The highest BCUT2D eigenvalue weighted by atomic mass is 35.5. The lowest BCUT2D eigenvalue weighted by Gasteiger charge is -2.17. The van der Waals surface area contributed by atoms with E-state index in [1.807, 2.05) is 26.0 Å². The van der Waals surface area contributed by atoms with Gasteiger partial charge in [0, 0.05) is 12.2 Å². The van der Waals surface area contributed by atoms with Crippen LogP contribution in [-0.4, -0.2) is 20.0 Å². The fourth-order valence-corrected chi connectivity index (χ4v) is 2.07. The molecule has 0 saturated heterocycles. The van der Waals surface area contributed by atoms with Crippen molar-refractivity contribution in [3.63, 3.8) is 0 Å². The van der Waals surface area contributed by atoms with Gasteiger partial charge in [-0.05, 0) is 38.1 Å². The molecule has 108 valence electrons. The van der Waals surface area contributed by atoms with E-state index in [0.29, 0.717) is 28.9 Å². The third kappa shape index (κ3) is 3.26. The number of halogens is 1. The number of furan rings is 1. The van der Waals surface area contributed by atoms with E-state index in [9.17, 15) is 0 Å². The Morgan fingerprint density at radius 3 is 2.65 bits per heavy atom. The summed E-state index contributed by atoms with van der Waals surface area (Å²) in [6, 6.07) is 7.29. The van der Waals surface area contributed by atoms with Gasteiger partial charge in [0.2, 0.25) is 0 Å². The van der Waals surface area contributed by atoms with Crippen LogP contribution in [0.2, 0.25) is 5.02 Å². The van der Waals surface area contributed by atoms with Gasteiger partial charge in [-0.15, -0.1) is 0 Å². The second kappa shape index (κ2) is 6.68. The fraction of sp³-hybridized carbons (Fsp3) is 0.333. The molecule has 0 N–H and O–H groups in total. The summed E-state index contributed by atoms with van der Waals surface area (Å²) in [6.45, 7) is 4.28. The molecule has 0 radical (unpaired) electrons. The standard InChI is InChI=1S/C15H17ClO4/c1-4-18-10(2)20-14-9-11(12-6-5-7-19-12)8-13(17-3)15(14)16/h5-10H,4H2,1-3H3. The van der Waals surface area contributed by atoms with Crippen molar-refractivity contribution < 1.29 is 18.6 Å². The topological polar surface area (TPSA) is 40.8 Å². The first-order valence-corrected chi connectivity index (χ1v) is 6.73. The Bertz CT molecular complexity index is 551. The predicted octanol–water partition coefficient (Wildman–Crippen LogP) is 4.37. The maximum atomic E-state index is 6.25. The molecule has 0 bridgehead atoms. The van der Waals surface area contributed by atoms with Crippen molar-refractivity contribution in [2.45, 2.75) is 20.1 Å². The highest BCUT2D eigenvalue weighted by Crippen LogP contribution is 2.39. The minimum atomic E-state index is -0.394. The van der Waals surface area contributed by atoms with Crippen molar-refractivity contribution in [2.24, 2.45) is 0 Å². The molecule has 0 aliphatic heterocycles. The Labute approximate surface area is 123 Å². The van der Waals surface area contributed by atoms with Gasteiger partial charge in [0.15, 0.2) is 6.29 Å². The molecule has 0 spiro atoms. The molecule has 1 aromatic carbocycles. The summed E-state index contributed by atoms with van der Waals surface area (Å²) in [7, 11) is 1.56. The molecule has 5 heteroatoms. The van der Waals surface area contributed by atoms with E-state index in [1.165, 1.54) is 0 Å². The van der Waals surface area contributed by atoms with E-state index in [1.54, 1.807) is 25.5 Å². The first kappa shape index (κ1) is 14.8. The molecule has 2 rings (SSSR count). The van der Waals surface area contributed by atoms with Gasteiger partial charge in [-0.25, -0.2) is 0 Å². The quantitative estimate of drug-likeness (QED) is 0.742. The second-order valence-corrected chi connectivity index (χ2v) is 4.49. The SMILES string of the molecule is CCOC(C)Oc1cc(-c2ccco2)cc(OC)c1Cl. The summed E-state index contributed by atoms with van der Waals surface area (Å²) in [5, 5.41) is 0.411. The summed E-state index contributed by atoms with van der Waals surface area (Å²) in [6.07, 6.45) is 1.22. The van der Waals surface area contributed by atoms with Crippen molar-refractivity contribution >= 4 is 11.6 Å². The van der Waals surface area contributed by atoms with Crippen LogP contribution in [0.15, 0.2) is 34.9 Å². The summed E-state index contributed by atoms with van der Waals surface area (Å²) < 4.78 is 21.7. The van der Waals surface area contributed by atoms with E-state index in [2.05, 4.69) is 0 Å². The maximum Gasteiger partial charge on any atom is 0.197 e. The molecule has 1 unspecified atom stereocenters. The van der Waals surface area contributed by atoms with Crippen LogP contribution in [0.5, 0.6) is 11.5 Å². The van der Waals surface area contributed by atoms with Crippen molar-refractivity contribution in [3.8, 4) is 22.8 Å². The molecule has 20 heavy (non-hydrogen) atoms. The number of hydrogen-bond acceptors (Lipinski definition) is 4. The largest absolute Gasteiger partial charge is 0.495 e. The third-order valence-corrected chi connectivity index (χ3v) is 3.10. The van der Waals surface area contributed by atoms with Crippen molar-refractivity contribution in [3.05, 3.63) is 35.6 Å². The number of rotatable bonds is 6. The number of hydrogen-bond donors (Lipinski definition) is 0. The smallest absolute Gasteiger partial charge is 0.197 e. The van der Waals surface area contributed by atoms with Crippen LogP contribution in [0.4, 0.5) is 0 Å². The summed E-state index contributed by atoms with van der Waals surface area (Å²) in [5.41, 5.74) is 0.829. The molecule has 0 amide bonds. The Morgan fingerprint density at radius 1 is 1.30 bits per heavy atom. The first-order valence-electron chi connectivity index (χ1n) is 6.35. The van der Waals surface area contributed by atoms with Crippen LogP contribution in [-0.2, 0) is 4.74 Å². The van der Waals surface area contributed by atoms with Crippen LogP contribution >= 0.6 is 11.6 Å². The highest BCUT2D eigenvalue weighted by molar-refractivity contribution is 6.33. The zero-order chi connectivity index (χ0) is 14.5. The molecule has 0 aliphatic carbocycles. The molecule has 1 atom stereocenters. The lowest BCUT2D eigenvalue weighted by molar-refractivity contribution is -0.0613. The Hall–Kier alpha value is -1.65. The highest BCUT2D eigenvalue weighted by Gasteiger charge is 2.15. The second-order valence-electron chi connectivity index (χ2n) is 4.11. The minimum Gasteiger partial charge on any atom is -0.495 e. The fourth-order valence-electron chi connectivity index (χ4n) is 1.84. The van der Waals surface area contributed by atoms with Crippen LogP contribution < -0.4 is 9.47 Å². The van der Waals surface area contributed by atoms with Crippen LogP contribution in [0.25, 0.3) is 11.3 Å². The summed E-state index contributed by atoms with van der Waals surface area (Å²) in [4.78, 5) is 0. The average molecular weight is 297 g/mol. The van der Waals surface area contributed by atoms with Crippen LogP contribution in [0.3, 0.4) is 0 Å². The molecular formula is C15H17ClO4. The Kier molecular flexibility index (Phi) is 4.93. The van der Waals surface area contributed by atoms with Gasteiger partial charge >= 0.3 is 0 Å². The van der Waals surface area contributed by atoms with E-state index in [0.717, 1.165) is 5.56 Å². The van der Waals surface area contributed by atoms with Gasteiger partial charge in [0.05, 0.1) is 13.4 Å². The Morgan fingerprint density at radius 2 is 2.05 bits per heavy atom. The number of methoxy groups -OCH3 is 1. The van der Waals surface area contributed by atoms with E-state index in [4.69, 9.17) is 30.2 Å². The molecule has 0 saturated carbocycles.